The number of benzene rings is 3. The molecule has 0 aliphatic carbocycles. The predicted molar refractivity (Wildman–Crippen MR) is 209 cm³/mol. The van der Waals surface area contributed by atoms with Gasteiger partial charge in [-0.2, -0.15) is 5.26 Å². The molecule has 14 heteroatoms. The van der Waals surface area contributed by atoms with Gasteiger partial charge in [-0.05, 0) is 59.9 Å². The van der Waals surface area contributed by atoms with Crippen LogP contribution in [0.4, 0.5) is 0 Å². The fourth-order valence-corrected chi connectivity index (χ4v) is 13.3. The summed E-state index contributed by atoms with van der Waals surface area (Å²) in [6, 6.07) is 28.8. The number of hydrogen-bond donors (Lipinski definition) is 1. The maximum Gasteiger partial charge on any atom is 0.330 e. The van der Waals surface area contributed by atoms with Gasteiger partial charge < -0.3 is 32.7 Å². The van der Waals surface area contributed by atoms with E-state index in [0.717, 1.165) is 16.7 Å². The number of aromatic nitrogens is 2. The molecule has 1 aromatic heterocycles. The van der Waals surface area contributed by atoms with Gasteiger partial charge in [0.2, 0.25) is 0 Å². The van der Waals surface area contributed by atoms with Gasteiger partial charge in [0.15, 0.2) is 14.3 Å². The Morgan fingerprint density at radius 1 is 0.833 bits per heavy atom. The summed E-state index contributed by atoms with van der Waals surface area (Å²) in [6.07, 6.45) is -1.77. The molecule has 1 fully saturated rings. The Bertz CT molecular complexity index is 1880. The molecule has 12 nitrogen and oxygen atoms in total. The molecule has 0 spiro atoms. The summed E-state index contributed by atoms with van der Waals surface area (Å²) in [5.74, 6) is 1.39. The van der Waals surface area contributed by atoms with Crippen LogP contribution in [0.1, 0.15) is 57.0 Å². The van der Waals surface area contributed by atoms with Crippen molar-refractivity contribution >= 4 is 15.7 Å². The number of rotatable bonds is 18. The van der Waals surface area contributed by atoms with Gasteiger partial charge in [-0.25, -0.2) is 4.79 Å². The lowest BCUT2D eigenvalue weighted by Gasteiger charge is -2.37. The largest absolute Gasteiger partial charge is 0.497 e. The summed E-state index contributed by atoms with van der Waals surface area (Å²) >= 11 is 0. The summed E-state index contributed by atoms with van der Waals surface area (Å²) in [4.78, 5) is 27.8. The number of nitrogens with zero attached hydrogens (tertiary/aromatic N) is 2. The van der Waals surface area contributed by atoms with Crippen molar-refractivity contribution in [3.05, 3.63) is 129 Å². The van der Waals surface area contributed by atoms with Gasteiger partial charge in [-0.15, -0.1) is 0 Å². The molecular formula is C40H49N3O9P2. The van der Waals surface area contributed by atoms with E-state index < -0.39 is 57.1 Å². The minimum Gasteiger partial charge on any atom is -0.497 e. The van der Waals surface area contributed by atoms with Crippen molar-refractivity contribution in [1.29, 1.82) is 5.26 Å². The van der Waals surface area contributed by atoms with Crippen LogP contribution in [0.25, 0.3) is 0 Å². The van der Waals surface area contributed by atoms with Gasteiger partial charge in [-0.3, -0.25) is 14.3 Å². The van der Waals surface area contributed by atoms with Crippen LogP contribution in [0.15, 0.2) is 101 Å². The first-order valence-corrected chi connectivity index (χ1v) is 21.2. The number of ether oxygens (including phenoxy) is 5. The Labute approximate surface area is 318 Å². The fourth-order valence-electron chi connectivity index (χ4n) is 6.77. The lowest BCUT2D eigenvalue weighted by Crippen LogP contribution is -2.41. The first-order chi connectivity index (χ1) is 26.1. The third kappa shape index (κ3) is 9.13. The SMILES string of the molecule is COc1ccc(C(OC[C@H]2O[C@@H](n3ccc(=O)[nH]c3=O)[C@@H](OP(OCCC#N)P(C(C)C)C(C)C)C2OC)(c2ccccc2)c2ccc(OC)cc2)cc1. The molecule has 1 N–H and O–H groups in total. The summed E-state index contributed by atoms with van der Waals surface area (Å²) in [7, 11) is 2.42. The average molecular weight is 778 g/mol. The molecule has 2 heterocycles. The van der Waals surface area contributed by atoms with Crippen LogP contribution in [0.5, 0.6) is 11.5 Å². The molecule has 1 aliphatic heterocycles. The van der Waals surface area contributed by atoms with Crippen LogP contribution < -0.4 is 20.7 Å². The molecule has 0 radical (unpaired) electrons. The lowest BCUT2D eigenvalue weighted by atomic mass is 9.80. The van der Waals surface area contributed by atoms with Crippen molar-refractivity contribution < 1.29 is 32.7 Å². The second-order valence-electron chi connectivity index (χ2n) is 13.2. The normalized spacial score (nSPS) is 19.3. The number of nitriles is 1. The molecule has 2 unspecified atom stereocenters. The molecule has 1 saturated heterocycles. The highest BCUT2D eigenvalue weighted by Gasteiger charge is 2.51. The number of hydrogen-bond acceptors (Lipinski definition) is 10. The molecule has 5 atom stereocenters. The Hall–Kier alpha value is -3.91. The summed E-state index contributed by atoms with van der Waals surface area (Å²) in [6.45, 7) is 8.75. The molecule has 288 valence electrons. The zero-order valence-electron chi connectivity index (χ0n) is 31.7. The van der Waals surface area contributed by atoms with E-state index in [1.165, 1.54) is 16.8 Å². The van der Waals surface area contributed by atoms with Gasteiger partial charge in [0.25, 0.3) is 5.56 Å². The topological polar surface area (TPSA) is 143 Å². The molecule has 5 rings (SSSR count). The smallest absolute Gasteiger partial charge is 0.330 e. The van der Waals surface area contributed by atoms with Gasteiger partial charge in [0.05, 0.1) is 39.9 Å². The fraction of sp³-hybridized carbons (Fsp3) is 0.425. The Kier molecular flexibility index (Phi) is 14.6. The van der Waals surface area contributed by atoms with Crippen LogP contribution in [-0.2, 0) is 28.9 Å². The Balaban J connectivity index is 1.61. The second kappa shape index (κ2) is 19.1. The Morgan fingerprint density at radius 3 is 1.91 bits per heavy atom. The molecular weight excluding hydrogens is 728 g/mol. The highest BCUT2D eigenvalue weighted by molar-refractivity contribution is 8.26. The molecule has 0 bridgehead atoms. The third-order valence-electron chi connectivity index (χ3n) is 9.19. The number of H-pyrrole nitrogens is 1. The van der Waals surface area contributed by atoms with E-state index in [0.29, 0.717) is 11.5 Å². The minimum atomic E-state index is -1.56. The van der Waals surface area contributed by atoms with Crippen LogP contribution in [-0.4, -0.2) is 73.7 Å². The van der Waals surface area contributed by atoms with Crippen LogP contribution in [0, 0.1) is 11.3 Å². The van der Waals surface area contributed by atoms with E-state index in [4.69, 9.17) is 32.7 Å². The first kappa shape index (κ1) is 41.3. The molecule has 0 amide bonds. The molecule has 4 aromatic rings. The highest BCUT2D eigenvalue weighted by atomic mass is 32.1. The van der Waals surface area contributed by atoms with Crippen molar-refractivity contribution in [3.8, 4) is 17.6 Å². The molecule has 0 saturated carbocycles. The average Bonchev–Trinajstić information content (AvgIpc) is 3.51. The molecule has 54 heavy (non-hydrogen) atoms. The summed E-state index contributed by atoms with van der Waals surface area (Å²) in [5, 5.41) is 9.31. The van der Waals surface area contributed by atoms with Gasteiger partial charge in [0, 0.05) is 19.4 Å². The van der Waals surface area contributed by atoms with Gasteiger partial charge in [0.1, 0.15) is 35.4 Å². The quantitative estimate of drug-likeness (QED) is 0.0621. The van der Waals surface area contributed by atoms with E-state index in [2.05, 4.69) is 38.7 Å². The van der Waals surface area contributed by atoms with Crippen LogP contribution in [0.3, 0.4) is 0 Å². The van der Waals surface area contributed by atoms with Crippen molar-refractivity contribution in [2.45, 2.75) is 75.6 Å². The maximum atomic E-state index is 13.3. The van der Waals surface area contributed by atoms with Crippen LogP contribution >= 0.6 is 15.7 Å². The van der Waals surface area contributed by atoms with Gasteiger partial charge >= 0.3 is 5.69 Å². The molecule has 1 aliphatic rings. The van der Waals surface area contributed by atoms with Crippen molar-refractivity contribution in [1.82, 2.24) is 9.55 Å². The zero-order chi connectivity index (χ0) is 38.8. The number of nitrogens with one attached hydrogen (secondary N) is 1. The standard InChI is InChI=1S/C40H49N3O9P2/c1-27(2)53(28(3)4)54(50-25-11-23-41)52-37-36(48-7)34(51-38(37)43-24-22-35(44)42-39(43)45)26-49-40(29-12-9-8-10-13-29,30-14-18-32(46-5)19-15-30)31-16-20-33(47-6)21-17-31/h8-10,12-22,24,27-28,34,36-38H,11,25-26H2,1-7H3,(H,42,44,45)/t34-,36?,37+,38-,54?/m1/s1. The summed E-state index contributed by atoms with van der Waals surface area (Å²) < 4.78 is 45.7. The van der Waals surface area contributed by atoms with E-state index in [1.54, 1.807) is 21.3 Å². The van der Waals surface area contributed by atoms with Crippen molar-refractivity contribution in [2.75, 3.05) is 34.5 Å². The summed E-state index contributed by atoms with van der Waals surface area (Å²) in [5.41, 5.74) is 0.673. The van der Waals surface area contributed by atoms with E-state index in [9.17, 15) is 14.9 Å². The zero-order valence-corrected chi connectivity index (χ0v) is 33.5. The van der Waals surface area contributed by atoms with E-state index >= 15 is 0 Å². The van der Waals surface area contributed by atoms with Crippen LogP contribution in [0.2, 0.25) is 0 Å². The van der Waals surface area contributed by atoms with Crippen molar-refractivity contribution in [3.63, 3.8) is 0 Å². The Morgan fingerprint density at radius 2 is 1.41 bits per heavy atom. The van der Waals surface area contributed by atoms with Gasteiger partial charge in [-0.1, -0.05) is 82.3 Å². The van der Waals surface area contributed by atoms with Crippen molar-refractivity contribution in [2.24, 2.45) is 0 Å². The maximum absolute atomic E-state index is 13.3. The second-order valence-corrected chi connectivity index (χ2v) is 19.4. The van der Waals surface area contributed by atoms with E-state index in [-0.39, 0.29) is 31.0 Å². The highest BCUT2D eigenvalue weighted by Crippen LogP contribution is 2.76. The lowest BCUT2D eigenvalue weighted by molar-refractivity contribution is -0.0994. The number of aromatic amines is 1. The minimum absolute atomic E-state index is 0.00371. The molecule has 3 aromatic carbocycles. The first-order valence-electron chi connectivity index (χ1n) is 17.8. The number of methoxy groups -OCH3 is 3. The van der Waals surface area contributed by atoms with E-state index in [1.807, 2.05) is 78.9 Å². The monoisotopic (exact) mass is 777 g/mol. The predicted octanol–water partition coefficient (Wildman–Crippen LogP) is 7.32. The third-order valence-corrected chi connectivity index (χ3v) is 17.0.